The Labute approximate surface area is 81.9 Å². The maximum atomic E-state index is 11.0. The Morgan fingerprint density at radius 2 is 1.77 bits per heavy atom. The monoisotopic (exact) mass is 182 g/mol. The fraction of sp³-hybridized carbons (Fsp3) is 0.917. The first kappa shape index (κ1) is 10.7. The molecule has 1 aliphatic carbocycles. The molecule has 1 nitrogen and oxygen atoms in total. The van der Waals surface area contributed by atoms with Gasteiger partial charge < -0.3 is 0 Å². The average Bonchev–Trinajstić information content (AvgIpc) is 2.17. The molecule has 0 spiro atoms. The van der Waals surface area contributed by atoms with Gasteiger partial charge in [0.2, 0.25) is 0 Å². The summed E-state index contributed by atoms with van der Waals surface area (Å²) < 4.78 is 0. The summed E-state index contributed by atoms with van der Waals surface area (Å²) in [6, 6.07) is 0. The minimum atomic E-state index is 0.487. The van der Waals surface area contributed by atoms with Crippen molar-refractivity contribution in [1.29, 1.82) is 0 Å². The van der Waals surface area contributed by atoms with Crippen molar-refractivity contribution >= 4 is 5.78 Å². The van der Waals surface area contributed by atoms with E-state index in [1.807, 2.05) is 0 Å². The second-order valence-electron chi connectivity index (χ2n) is 4.40. The number of rotatable bonds is 4. The molecule has 1 aliphatic rings. The van der Waals surface area contributed by atoms with Crippen molar-refractivity contribution < 1.29 is 4.79 Å². The lowest BCUT2D eigenvalue weighted by molar-refractivity contribution is -0.121. The first-order chi connectivity index (χ1) is 6.26. The van der Waals surface area contributed by atoms with E-state index in [0.717, 1.165) is 37.5 Å². The lowest BCUT2D eigenvalue weighted by Crippen LogP contribution is -2.16. The van der Waals surface area contributed by atoms with Crippen LogP contribution in [0.15, 0.2) is 0 Å². The Morgan fingerprint density at radius 1 is 1.23 bits per heavy atom. The molecule has 1 rings (SSSR count). The van der Waals surface area contributed by atoms with Crippen molar-refractivity contribution in [2.75, 3.05) is 0 Å². The van der Waals surface area contributed by atoms with Gasteiger partial charge in [-0.25, -0.2) is 0 Å². The van der Waals surface area contributed by atoms with Crippen LogP contribution in [0, 0.1) is 11.8 Å². The minimum absolute atomic E-state index is 0.487. The molecule has 0 amide bonds. The van der Waals surface area contributed by atoms with Gasteiger partial charge in [-0.15, -0.1) is 0 Å². The summed E-state index contributed by atoms with van der Waals surface area (Å²) in [6.45, 7) is 4.56. The van der Waals surface area contributed by atoms with Crippen LogP contribution >= 0.6 is 0 Å². The molecular formula is C12H22O. The van der Waals surface area contributed by atoms with Gasteiger partial charge in [0.1, 0.15) is 5.78 Å². The van der Waals surface area contributed by atoms with Gasteiger partial charge in [0.05, 0.1) is 0 Å². The van der Waals surface area contributed by atoms with Crippen molar-refractivity contribution in [3.63, 3.8) is 0 Å². The van der Waals surface area contributed by atoms with E-state index >= 15 is 0 Å². The van der Waals surface area contributed by atoms with E-state index in [0.29, 0.717) is 5.78 Å². The predicted octanol–water partition coefficient (Wildman–Crippen LogP) is 3.57. The number of carbonyl (C=O) groups is 1. The van der Waals surface area contributed by atoms with E-state index in [4.69, 9.17) is 0 Å². The summed E-state index contributed by atoms with van der Waals surface area (Å²) in [6.07, 6.45) is 8.00. The molecule has 0 unspecified atom stereocenters. The zero-order chi connectivity index (χ0) is 9.68. The zero-order valence-corrected chi connectivity index (χ0v) is 9.01. The Kier molecular flexibility index (Phi) is 4.47. The number of Topliss-reactive ketones (excluding diaryl/α,β-unsaturated/α-hetero) is 1. The molecule has 0 aliphatic heterocycles. The van der Waals surface area contributed by atoms with Crippen LogP contribution in [0.3, 0.4) is 0 Å². The van der Waals surface area contributed by atoms with Crippen molar-refractivity contribution in [1.82, 2.24) is 0 Å². The van der Waals surface area contributed by atoms with Gasteiger partial charge in [-0.3, -0.25) is 4.79 Å². The Balaban J connectivity index is 2.24. The molecule has 0 bridgehead atoms. The third-order valence-electron chi connectivity index (χ3n) is 3.48. The molecule has 1 heteroatoms. The van der Waals surface area contributed by atoms with Crippen LogP contribution in [0.25, 0.3) is 0 Å². The van der Waals surface area contributed by atoms with E-state index in [-0.39, 0.29) is 0 Å². The molecule has 0 N–H and O–H groups in total. The first-order valence-corrected chi connectivity index (χ1v) is 5.77. The molecule has 0 aromatic rings. The Bertz CT molecular complexity index is 149. The number of carbonyl (C=O) groups excluding carboxylic acids is 1. The molecule has 0 radical (unpaired) electrons. The molecule has 0 aromatic carbocycles. The lowest BCUT2D eigenvalue weighted by Gasteiger charge is -2.24. The van der Waals surface area contributed by atoms with Crippen LogP contribution in [0.2, 0.25) is 0 Å². The predicted molar refractivity (Wildman–Crippen MR) is 55.7 cm³/mol. The summed E-state index contributed by atoms with van der Waals surface area (Å²) in [4.78, 5) is 11.0. The topological polar surface area (TPSA) is 17.1 Å². The standard InChI is InChI=1S/C12H22O/c1-3-10(4-2)9-11-5-7-12(13)8-6-11/h10-11H,3-9H2,1-2H3. The molecule has 1 saturated carbocycles. The molecule has 1 fully saturated rings. The number of ketones is 1. The van der Waals surface area contributed by atoms with Crippen molar-refractivity contribution in [2.24, 2.45) is 11.8 Å². The second-order valence-corrected chi connectivity index (χ2v) is 4.40. The van der Waals surface area contributed by atoms with Gasteiger partial charge in [0.25, 0.3) is 0 Å². The van der Waals surface area contributed by atoms with Gasteiger partial charge in [0, 0.05) is 12.8 Å². The van der Waals surface area contributed by atoms with E-state index < -0.39 is 0 Å². The zero-order valence-electron chi connectivity index (χ0n) is 9.01. The summed E-state index contributed by atoms with van der Waals surface area (Å²) in [7, 11) is 0. The molecule has 0 saturated heterocycles. The van der Waals surface area contributed by atoms with Gasteiger partial charge in [-0.1, -0.05) is 26.7 Å². The SMILES string of the molecule is CCC(CC)CC1CCC(=O)CC1. The highest BCUT2D eigenvalue weighted by Crippen LogP contribution is 2.29. The third-order valence-corrected chi connectivity index (χ3v) is 3.48. The maximum absolute atomic E-state index is 11.0. The fourth-order valence-electron chi connectivity index (χ4n) is 2.33. The lowest BCUT2D eigenvalue weighted by atomic mass is 9.81. The number of hydrogen-bond acceptors (Lipinski definition) is 1. The molecule has 0 atom stereocenters. The van der Waals surface area contributed by atoms with E-state index in [1.165, 1.54) is 19.3 Å². The van der Waals surface area contributed by atoms with Crippen molar-refractivity contribution in [3.05, 3.63) is 0 Å². The molecular weight excluding hydrogens is 160 g/mol. The smallest absolute Gasteiger partial charge is 0.132 e. The summed E-state index contributed by atoms with van der Waals surface area (Å²) >= 11 is 0. The maximum Gasteiger partial charge on any atom is 0.132 e. The van der Waals surface area contributed by atoms with Crippen LogP contribution in [-0.4, -0.2) is 5.78 Å². The fourth-order valence-corrected chi connectivity index (χ4v) is 2.33. The Morgan fingerprint density at radius 3 is 2.23 bits per heavy atom. The van der Waals surface area contributed by atoms with Crippen LogP contribution in [0.4, 0.5) is 0 Å². The van der Waals surface area contributed by atoms with Gasteiger partial charge >= 0.3 is 0 Å². The molecule has 0 heterocycles. The normalized spacial score (nSPS) is 19.8. The summed E-state index contributed by atoms with van der Waals surface area (Å²) in [5.74, 6) is 2.24. The first-order valence-electron chi connectivity index (χ1n) is 5.77. The minimum Gasteiger partial charge on any atom is -0.300 e. The second kappa shape index (κ2) is 5.41. The summed E-state index contributed by atoms with van der Waals surface area (Å²) in [5, 5.41) is 0. The Hall–Kier alpha value is -0.330. The van der Waals surface area contributed by atoms with Crippen LogP contribution < -0.4 is 0 Å². The van der Waals surface area contributed by atoms with Crippen molar-refractivity contribution in [3.8, 4) is 0 Å². The van der Waals surface area contributed by atoms with Gasteiger partial charge in [-0.05, 0) is 31.1 Å². The average molecular weight is 182 g/mol. The largest absolute Gasteiger partial charge is 0.300 e. The summed E-state index contributed by atoms with van der Waals surface area (Å²) in [5.41, 5.74) is 0. The molecule has 13 heavy (non-hydrogen) atoms. The third kappa shape index (κ3) is 3.50. The van der Waals surface area contributed by atoms with Crippen LogP contribution in [0.1, 0.15) is 58.8 Å². The van der Waals surface area contributed by atoms with Crippen molar-refractivity contribution in [2.45, 2.75) is 58.8 Å². The van der Waals surface area contributed by atoms with E-state index in [2.05, 4.69) is 13.8 Å². The quantitative estimate of drug-likeness (QED) is 0.649. The molecule has 76 valence electrons. The number of hydrogen-bond donors (Lipinski definition) is 0. The highest BCUT2D eigenvalue weighted by molar-refractivity contribution is 5.78. The van der Waals surface area contributed by atoms with Crippen LogP contribution in [0.5, 0.6) is 0 Å². The van der Waals surface area contributed by atoms with Gasteiger partial charge in [0.15, 0.2) is 0 Å². The van der Waals surface area contributed by atoms with E-state index in [1.54, 1.807) is 0 Å². The highest BCUT2D eigenvalue weighted by Gasteiger charge is 2.20. The molecule has 0 aromatic heterocycles. The van der Waals surface area contributed by atoms with Crippen LogP contribution in [-0.2, 0) is 4.79 Å². The van der Waals surface area contributed by atoms with Gasteiger partial charge in [-0.2, -0.15) is 0 Å². The van der Waals surface area contributed by atoms with E-state index in [9.17, 15) is 4.79 Å². The highest BCUT2D eigenvalue weighted by atomic mass is 16.1.